The number of hydrogen-bond donors (Lipinski definition) is 0. The van der Waals surface area contributed by atoms with Crippen LogP contribution in [0.2, 0.25) is 0 Å². The van der Waals surface area contributed by atoms with Gasteiger partial charge < -0.3 is 9.47 Å². The van der Waals surface area contributed by atoms with Gasteiger partial charge in [-0.25, -0.2) is 0 Å². The average molecular weight is 187 g/mol. The van der Waals surface area contributed by atoms with E-state index in [4.69, 9.17) is 9.47 Å². The third-order valence-corrected chi connectivity index (χ3v) is 1.78. The van der Waals surface area contributed by atoms with E-state index in [-0.39, 0.29) is 6.10 Å². The summed E-state index contributed by atoms with van der Waals surface area (Å²) in [5.74, 6) is 0. The molecular formula is C11H23O2. The lowest BCUT2D eigenvalue weighted by molar-refractivity contribution is 0.0439. The van der Waals surface area contributed by atoms with Crippen LogP contribution < -0.4 is 0 Å². The molecule has 79 valence electrons. The summed E-state index contributed by atoms with van der Waals surface area (Å²) in [6.07, 6.45) is 4.40. The number of unbranched alkanes of at least 4 members (excludes halogenated alkanes) is 1. The minimum Gasteiger partial charge on any atom is -0.381 e. The highest BCUT2D eigenvalue weighted by molar-refractivity contribution is 4.59. The Kier molecular flexibility index (Phi) is 9.94. The van der Waals surface area contributed by atoms with Gasteiger partial charge in [0.25, 0.3) is 0 Å². The summed E-state index contributed by atoms with van der Waals surface area (Å²) in [7, 11) is 0. The maximum Gasteiger partial charge on any atom is 0.0598 e. The van der Waals surface area contributed by atoms with E-state index in [9.17, 15) is 0 Å². The van der Waals surface area contributed by atoms with Crippen molar-refractivity contribution in [2.75, 3.05) is 19.8 Å². The van der Waals surface area contributed by atoms with E-state index in [2.05, 4.69) is 20.8 Å². The molecule has 0 aromatic rings. The molecule has 0 aromatic carbocycles. The molecule has 0 saturated heterocycles. The van der Waals surface area contributed by atoms with Crippen LogP contribution in [0.1, 0.15) is 39.5 Å². The molecule has 2 heteroatoms. The molecule has 0 aromatic heterocycles. The molecule has 0 saturated carbocycles. The van der Waals surface area contributed by atoms with Crippen molar-refractivity contribution in [2.45, 2.75) is 45.6 Å². The molecule has 1 atom stereocenters. The van der Waals surface area contributed by atoms with Gasteiger partial charge in [0, 0.05) is 19.8 Å². The number of ether oxygens (including phenoxy) is 2. The van der Waals surface area contributed by atoms with Crippen LogP contribution in [0.4, 0.5) is 0 Å². The van der Waals surface area contributed by atoms with Crippen molar-refractivity contribution in [3.05, 3.63) is 6.92 Å². The highest BCUT2D eigenvalue weighted by Gasteiger charge is 2.00. The van der Waals surface area contributed by atoms with Crippen LogP contribution in [-0.4, -0.2) is 25.9 Å². The Morgan fingerprint density at radius 3 is 2.46 bits per heavy atom. The molecule has 13 heavy (non-hydrogen) atoms. The molecule has 1 unspecified atom stereocenters. The summed E-state index contributed by atoms with van der Waals surface area (Å²) in [5, 5.41) is 0. The molecule has 0 aliphatic carbocycles. The number of hydrogen-bond acceptors (Lipinski definition) is 2. The molecular weight excluding hydrogens is 164 g/mol. The van der Waals surface area contributed by atoms with Gasteiger partial charge in [-0.3, -0.25) is 0 Å². The van der Waals surface area contributed by atoms with Gasteiger partial charge in [0.2, 0.25) is 0 Å². The Hall–Kier alpha value is -0.0800. The fraction of sp³-hybridized carbons (Fsp3) is 0.909. The van der Waals surface area contributed by atoms with Crippen molar-refractivity contribution in [3.63, 3.8) is 0 Å². The van der Waals surface area contributed by atoms with Gasteiger partial charge in [-0.1, -0.05) is 20.3 Å². The monoisotopic (exact) mass is 187 g/mol. The molecule has 0 amide bonds. The minimum atomic E-state index is 0.100. The quantitative estimate of drug-likeness (QED) is 0.517. The predicted molar refractivity (Wildman–Crippen MR) is 55.7 cm³/mol. The molecule has 0 aliphatic rings. The van der Waals surface area contributed by atoms with Gasteiger partial charge >= 0.3 is 0 Å². The zero-order valence-corrected chi connectivity index (χ0v) is 9.05. The van der Waals surface area contributed by atoms with Crippen molar-refractivity contribution >= 4 is 0 Å². The summed E-state index contributed by atoms with van der Waals surface area (Å²) >= 11 is 0. The van der Waals surface area contributed by atoms with Crippen molar-refractivity contribution < 1.29 is 9.47 Å². The summed E-state index contributed by atoms with van der Waals surface area (Å²) < 4.78 is 10.8. The van der Waals surface area contributed by atoms with E-state index in [1.165, 1.54) is 6.42 Å². The summed E-state index contributed by atoms with van der Waals surface area (Å²) in [6.45, 7) is 10.6. The molecule has 2 nitrogen and oxygen atoms in total. The third-order valence-electron chi connectivity index (χ3n) is 1.78. The van der Waals surface area contributed by atoms with Gasteiger partial charge in [0.05, 0.1) is 6.10 Å². The second-order valence-corrected chi connectivity index (χ2v) is 3.25. The van der Waals surface area contributed by atoms with Gasteiger partial charge in [0.15, 0.2) is 0 Å². The zero-order valence-electron chi connectivity index (χ0n) is 9.05. The molecule has 0 bridgehead atoms. The predicted octanol–water partition coefficient (Wildman–Crippen LogP) is 2.82. The van der Waals surface area contributed by atoms with E-state index >= 15 is 0 Å². The second-order valence-electron chi connectivity index (χ2n) is 3.25. The lowest BCUT2D eigenvalue weighted by Gasteiger charge is -2.12. The molecule has 0 fully saturated rings. The Morgan fingerprint density at radius 1 is 1.08 bits per heavy atom. The Balaban J connectivity index is 3.05. The van der Waals surface area contributed by atoms with Crippen LogP contribution >= 0.6 is 0 Å². The highest BCUT2D eigenvalue weighted by Crippen LogP contribution is 1.99. The average Bonchev–Trinajstić information content (AvgIpc) is 2.13. The SMILES string of the molecule is [CH2]C(CCOCCC)OCCCC. The van der Waals surface area contributed by atoms with Crippen LogP contribution in [-0.2, 0) is 9.47 Å². The van der Waals surface area contributed by atoms with E-state index in [0.29, 0.717) is 0 Å². The third kappa shape index (κ3) is 9.84. The maximum atomic E-state index is 5.47. The molecule has 0 spiro atoms. The first-order chi connectivity index (χ1) is 6.31. The molecule has 0 rings (SSSR count). The fourth-order valence-electron chi connectivity index (χ4n) is 0.939. The van der Waals surface area contributed by atoms with Crippen LogP contribution in [0.25, 0.3) is 0 Å². The van der Waals surface area contributed by atoms with Crippen molar-refractivity contribution in [1.29, 1.82) is 0 Å². The normalized spacial score (nSPS) is 13.2. The van der Waals surface area contributed by atoms with Gasteiger partial charge in [-0.2, -0.15) is 0 Å². The fourth-order valence-corrected chi connectivity index (χ4v) is 0.939. The van der Waals surface area contributed by atoms with E-state index in [1.807, 2.05) is 0 Å². The second kappa shape index (κ2) is 10.0. The maximum absolute atomic E-state index is 5.47. The van der Waals surface area contributed by atoms with Crippen LogP contribution in [0.3, 0.4) is 0 Å². The van der Waals surface area contributed by atoms with E-state index in [0.717, 1.165) is 39.1 Å². The topological polar surface area (TPSA) is 18.5 Å². The van der Waals surface area contributed by atoms with Crippen molar-refractivity contribution in [2.24, 2.45) is 0 Å². The van der Waals surface area contributed by atoms with E-state index in [1.54, 1.807) is 0 Å². The van der Waals surface area contributed by atoms with Crippen LogP contribution in [0.5, 0.6) is 0 Å². The van der Waals surface area contributed by atoms with Gasteiger partial charge in [0.1, 0.15) is 0 Å². The molecule has 0 aliphatic heterocycles. The van der Waals surface area contributed by atoms with E-state index < -0.39 is 0 Å². The van der Waals surface area contributed by atoms with Crippen molar-refractivity contribution in [1.82, 2.24) is 0 Å². The van der Waals surface area contributed by atoms with Crippen molar-refractivity contribution in [3.8, 4) is 0 Å². The van der Waals surface area contributed by atoms with Crippen LogP contribution in [0, 0.1) is 6.92 Å². The Morgan fingerprint density at radius 2 is 1.85 bits per heavy atom. The first-order valence-electron chi connectivity index (χ1n) is 5.33. The largest absolute Gasteiger partial charge is 0.381 e. The lowest BCUT2D eigenvalue weighted by Crippen LogP contribution is -2.12. The first-order valence-corrected chi connectivity index (χ1v) is 5.33. The molecule has 1 radical (unpaired) electrons. The summed E-state index contributed by atoms with van der Waals surface area (Å²) in [6, 6.07) is 0. The Labute approximate surface area is 82.6 Å². The lowest BCUT2D eigenvalue weighted by atomic mass is 10.3. The van der Waals surface area contributed by atoms with Gasteiger partial charge in [-0.05, 0) is 26.2 Å². The standard InChI is InChI=1S/C11H23O2/c1-4-6-9-13-11(3)7-10-12-8-5-2/h11H,3-10H2,1-2H3. The molecule has 0 N–H and O–H groups in total. The summed E-state index contributed by atoms with van der Waals surface area (Å²) in [4.78, 5) is 0. The zero-order chi connectivity index (χ0) is 9.94. The molecule has 0 heterocycles. The van der Waals surface area contributed by atoms with Crippen LogP contribution in [0.15, 0.2) is 0 Å². The van der Waals surface area contributed by atoms with Gasteiger partial charge in [-0.15, -0.1) is 0 Å². The Bertz CT molecular complexity index is 94.1. The minimum absolute atomic E-state index is 0.100. The highest BCUT2D eigenvalue weighted by atomic mass is 16.5. The number of rotatable bonds is 9. The summed E-state index contributed by atoms with van der Waals surface area (Å²) in [5.41, 5.74) is 0. The first kappa shape index (κ1) is 12.9. The smallest absolute Gasteiger partial charge is 0.0598 e.